The number of amides is 1. The molecule has 4 heteroatoms. The summed E-state index contributed by atoms with van der Waals surface area (Å²) in [5.41, 5.74) is 0.625. The van der Waals surface area contributed by atoms with E-state index in [0.29, 0.717) is 30.0 Å². The summed E-state index contributed by atoms with van der Waals surface area (Å²) in [6.45, 7) is 6.88. The minimum Gasteiger partial charge on any atom is -0.463 e. The molecule has 0 atom stereocenters. The molecule has 0 aromatic heterocycles. The molecule has 0 heterocycles. The molecule has 0 saturated carbocycles. The van der Waals surface area contributed by atoms with Crippen LogP contribution >= 0.6 is 0 Å². The molecule has 0 rings (SSSR count). The number of carbonyl (C=O) groups excluding carboxylic acids is 1. The molecule has 0 aliphatic carbocycles. The van der Waals surface area contributed by atoms with Gasteiger partial charge < -0.3 is 10.1 Å². The standard InChI is InChI=1S/C11H14FNO2/c1-9(2)15-11(6-7-12)5-4-10(3)13-8-14/h4-8H,1H2,2-3H3,(H,13,14)/b7-6+,10-4+,11-5+. The van der Waals surface area contributed by atoms with Gasteiger partial charge in [0.25, 0.3) is 0 Å². The molecule has 0 aromatic rings. The molecule has 0 saturated heterocycles. The van der Waals surface area contributed by atoms with Crippen LogP contribution in [0.2, 0.25) is 0 Å². The van der Waals surface area contributed by atoms with E-state index in [1.807, 2.05) is 0 Å². The number of nitrogens with one attached hydrogen (secondary N) is 1. The topological polar surface area (TPSA) is 38.3 Å². The van der Waals surface area contributed by atoms with E-state index >= 15 is 0 Å². The van der Waals surface area contributed by atoms with Crippen molar-refractivity contribution in [1.82, 2.24) is 5.32 Å². The number of carbonyl (C=O) groups is 1. The van der Waals surface area contributed by atoms with Crippen LogP contribution in [-0.4, -0.2) is 6.41 Å². The Morgan fingerprint density at radius 3 is 2.53 bits per heavy atom. The van der Waals surface area contributed by atoms with E-state index in [2.05, 4.69) is 11.9 Å². The molecule has 1 N–H and O–H groups in total. The van der Waals surface area contributed by atoms with Crippen molar-refractivity contribution >= 4 is 6.41 Å². The van der Waals surface area contributed by atoms with Gasteiger partial charge in [-0.2, -0.15) is 0 Å². The van der Waals surface area contributed by atoms with Crippen LogP contribution in [0.3, 0.4) is 0 Å². The maximum Gasteiger partial charge on any atom is 0.211 e. The Morgan fingerprint density at radius 1 is 1.40 bits per heavy atom. The Kier molecular flexibility index (Phi) is 6.63. The smallest absolute Gasteiger partial charge is 0.211 e. The quantitative estimate of drug-likeness (QED) is 0.416. The van der Waals surface area contributed by atoms with E-state index in [9.17, 15) is 9.18 Å². The molecule has 82 valence electrons. The first-order chi connectivity index (χ1) is 7.10. The van der Waals surface area contributed by atoms with E-state index in [4.69, 9.17) is 4.74 Å². The van der Waals surface area contributed by atoms with Gasteiger partial charge in [-0.15, -0.1) is 0 Å². The van der Waals surface area contributed by atoms with Crippen molar-refractivity contribution in [1.29, 1.82) is 0 Å². The van der Waals surface area contributed by atoms with Gasteiger partial charge in [0.1, 0.15) is 5.76 Å². The lowest BCUT2D eigenvalue weighted by molar-refractivity contribution is -0.108. The van der Waals surface area contributed by atoms with Crippen molar-refractivity contribution in [3.63, 3.8) is 0 Å². The molecule has 0 radical (unpaired) electrons. The van der Waals surface area contributed by atoms with Gasteiger partial charge in [0.05, 0.1) is 12.1 Å². The first-order valence-electron chi connectivity index (χ1n) is 4.29. The highest BCUT2D eigenvalue weighted by Crippen LogP contribution is 2.06. The van der Waals surface area contributed by atoms with Crippen molar-refractivity contribution in [3.05, 3.63) is 48.4 Å². The van der Waals surface area contributed by atoms with Gasteiger partial charge in [0, 0.05) is 11.8 Å². The van der Waals surface area contributed by atoms with Crippen molar-refractivity contribution in [2.45, 2.75) is 13.8 Å². The summed E-state index contributed by atoms with van der Waals surface area (Å²) in [4.78, 5) is 10.1. The van der Waals surface area contributed by atoms with Crippen LogP contribution in [0.25, 0.3) is 0 Å². The van der Waals surface area contributed by atoms with E-state index in [1.165, 1.54) is 6.08 Å². The number of halogens is 1. The zero-order chi connectivity index (χ0) is 11.7. The van der Waals surface area contributed by atoms with Gasteiger partial charge in [-0.1, -0.05) is 6.58 Å². The second-order valence-electron chi connectivity index (χ2n) is 2.78. The molecule has 0 bridgehead atoms. The van der Waals surface area contributed by atoms with Crippen molar-refractivity contribution in [2.24, 2.45) is 0 Å². The maximum absolute atomic E-state index is 11.9. The van der Waals surface area contributed by atoms with Crippen molar-refractivity contribution in [2.75, 3.05) is 0 Å². The van der Waals surface area contributed by atoms with Gasteiger partial charge in [-0.05, 0) is 26.0 Å². The van der Waals surface area contributed by atoms with Crippen molar-refractivity contribution < 1.29 is 13.9 Å². The second kappa shape index (κ2) is 7.55. The van der Waals surface area contributed by atoms with E-state index in [-0.39, 0.29) is 0 Å². The van der Waals surface area contributed by atoms with Crippen LogP contribution in [0.15, 0.2) is 48.4 Å². The SMILES string of the molecule is C=C(C)OC(/C=C/F)=C/C=C(\C)NC=O. The van der Waals surface area contributed by atoms with Gasteiger partial charge >= 0.3 is 0 Å². The summed E-state index contributed by atoms with van der Waals surface area (Å²) in [5, 5.41) is 2.44. The van der Waals surface area contributed by atoms with Crippen molar-refractivity contribution in [3.8, 4) is 0 Å². The zero-order valence-corrected chi connectivity index (χ0v) is 8.79. The highest BCUT2D eigenvalue weighted by molar-refractivity contribution is 5.50. The zero-order valence-electron chi connectivity index (χ0n) is 8.79. The monoisotopic (exact) mass is 211 g/mol. The van der Waals surface area contributed by atoms with Gasteiger partial charge in [-0.3, -0.25) is 4.79 Å². The lowest BCUT2D eigenvalue weighted by Crippen LogP contribution is -2.06. The predicted octanol–water partition coefficient (Wildman–Crippen LogP) is 2.55. The minimum atomic E-state index is 0.303. The summed E-state index contributed by atoms with van der Waals surface area (Å²) < 4.78 is 17.0. The van der Waals surface area contributed by atoms with E-state index in [1.54, 1.807) is 19.9 Å². The molecule has 0 fully saturated rings. The van der Waals surface area contributed by atoms with Gasteiger partial charge in [0.15, 0.2) is 0 Å². The molecule has 0 aromatic carbocycles. The first kappa shape index (κ1) is 13.2. The van der Waals surface area contributed by atoms with Gasteiger partial charge in [0.2, 0.25) is 6.41 Å². The number of hydrogen-bond donors (Lipinski definition) is 1. The number of rotatable bonds is 6. The molecule has 0 unspecified atom stereocenters. The fraction of sp³-hybridized carbons (Fsp3) is 0.182. The lowest BCUT2D eigenvalue weighted by atomic mass is 10.3. The van der Waals surface area contributed by atoms with Crippen LogP contribution in [0.1, 0.15) is 13.8 Å². The molecule has 15 heavy (non-hydrogen) atoms. The molecule has 0 aliphatic heterocycles. The average molecular weight is 211 g/mol. The Morgan fingerprint density at radius 2 is 2.07 bits per heavy atom. The third-order valence-electron chi connectivity index (χ3n) is 1.30. The number of hydrogen-bond acceptors (Lipinski definition) is 2. The third-order valence-corrected chi connectivity index (χ3v) is 1.30. The van der Waals surface area contributed by atoms with E-state index < -0.39 is 0 Å². The molecular weight excluding hydrogens is 197 g/mol. The average Bonchev–Trinajstić information content (AvgIpc) is 2.14. The molecule has 0 aliphatic rings. The molecule has 1 amide bonds. The van der Waals surface area contributed by atoms with Crippen LogP contribution in [0.4, 0.5) is 4.39 Å². The van der Waals surface area contributed by atoms with Crippen LogP contribution in [0.5, 0.6) is 0 Å². The second-order valence-corrected chi connectivity index (χ2v) is 2.78. The van der Waals surface area contributed by atoms with E-state index in [0.717, 1.165) is 6.08 Å². The van der Waals surface area contributed by atoms with Gasteiger partial charge in [-0.25, -0.2) is 4.39 Å². The number of ether oxygens (including phenoxy) is 1. The summed E-state index contributed by atoms with van der Waals surface area (Å²) in [6, 6.07) is 0. The lowest BCUT2D eigenvalue weighted by Gasteiger charge is -2.03. The van der Waals surface area contributed by atoms with Crippen LogP contribution in [0, 0.1) is 0 Å². The molecule has 3 nitrogen and oxygen atoms in total. The minimum absolute atomic E-state index is 0.303. The van der Waals surface area contributed by atoms with Crippen LogP contribution in [-0.2, 0) is 9.53 Å². The maximum atomic E-state index is 11.9. The Balaban J connectivity index is 4.60. The molecule has 0 spiro atoms. The highest BCUT2D eigenvalue weighted by Gasteiger charge is 1.92. The fourth-order valence-corrected chi connectivity index (χ4v) is 0.735. The first-order valence-corrected chi connectivity index (χ1v) is 4.29. The fourth-order valence-electron chi connectivity index (χ4n) is 0.735. The largest absolute Gasteiger partial charge is 0.463 e. The Hall–Kier alpha value is -1.84. The summed E-state index contributed by atoms with van der Waals surface area (Å²) >= 11 is 0. The van der Waals surface area contributed by atoms with Crippen LogP contribution < -0.4 is 5.32 Å². The Labute approximate surface area is 88.6 Å². The summed E-state index contributed by atoms with van der Waals surface area (Å²) in [6.07, 6.45) is 5.19. The summed E-state index contributed by atoms with van der Waals surface area (Å²) in [7, 11) is 0. The normalized spacial score (nSPS) is 12.7. The predicted molar refractivity (Wildman–Crippen MR) is 57.2 cm³/mol. The summed E-state index contributed by atoms with van der Waals surface area (Å²) in [5.74, 6) is 0.755. The highest BCUT2D eigenvalue weighted by atomic mass is 19.1. The Bertz CT molecular complexity index is 317. The number of allylic oxidation sites excluding steroid dienone is 5. The third kappa shape index (κ3) is 7.25. The molecular formula is C11H14FNO2.